The summed E-state index contributed by atoms with van der Waals surface area (Å²) < 4.78 is 0. The number of rotatable bonds is 6. The van der Waals surface area contributed by atoms with E-state index < -0.39 is 0 Å². The van der Waals surface area contributed by atoms with Crippen molar-refractivity contribution in [2.45, 2.75) is 0 Å². The zero-order valence-electron chi connectivity index (χ0n) is 13.8. The van der Waals surface area contributed by atoms with Gasteiger partial charge in [-0.15, -0.1) is 0 Å². The van der Waals surface area contributed by atoms with Gasteiger partial charge in [-0.25, -0.2) is 4.98 Å². The second-order valence-corrected chi connectivity index (χ2v) is 6.45. The van der Waals surface area contributed by atoms with Crippen molar-refractivity contribution in [3.63, 3.8) is 0 Å². The van der Waals surface area contributed by atoms with Crippen LogP contribution in [0.15, 0.2) is 60.8 Å². The Balaban J connectivity index is 1.58. The molecule has 0 saturated carbocycles. The molecule has 6 heteroatoms. The zero-order valence-corrected chi connectivity index (χ0v) is 15.3. The summed E-state index contributed by atoms with van der Waals surface area (Å²) in [5, 5.41) is 16.6. The summed E-state index contributed by atoms with van der Waals surface area (Å²) in [6.45, 7) is 1.42. The van der Waals surface area contributed by atoms with Crippen molar-refractivity contribution >= 4 is 34.7 Å². The molecule has 0 amide bonds. The van der Waals surface area contributed by atoms with Crippen LogP contribution in [0.25, 0.3) is 11.1 Å². The molecule has 0 spiro atoms. The third-order valence-corrected chi connectivity index (χ3v) is 4.31. The Kier molecular flexibility index (Phi) is 5.96. The molecular weight excluding hydrogens is 367 g/mol. The van der Waals surface area contributed by atoms with Crippen LogP contribution >= 0.6 is 23.2 Å². The van der Waals surface area contributed by atoms with Gasteiger partial charge in [0.05, 0.1) is 5.56 Å². The normalized spacial score (nSPS) is 10.2. The second kappa shape index (κ2) is 8.57. The van der Waals surface area contributed by atoms with Crippen LogP contribution in [0.3, 0.4) is 0 Å². The molecule has 0 fully saturated rings. The monoisotopic (exact) mass is 382 g/mol. The molecule has 4 nitrogen and oxygen atoms in total. The van der Waals surface area contributed by atoms with Crippen molar-refractivity contribution < 1.29 is 0 Å². The van der Waals surface area contributed by atoms with Gasteiger partial charge in [-0.05, 0) is 42.0 Å². The molecule has 0 aliphatic rings. The summed E-state index contributed by atoms with van der Waals surface area (Å²) in [5.41, 5.74) is 3.52. The van der Waals surface area contributed by atoms with Crippen LogP contribution in [0, 0.1) is 11.3 Å². The molecule has 0 aliphatic heterocycles. The van der Waals surface area contributed by atoms with Gasteiger partial charge in [0, 0.05) is 40.6 Å². The van der Waals surface area contributed by atoms with E-state index in [1.54, 1.807) is 24.4 Å². The van der Waals surface area contributed by atoms with Gasteiger partial charge in [0.25, 0.3) is 0 Å². The quantitative estimate of drug-likeness (QED) is 0.556. The molecule has 0 saturated heterocycles. The minimum atomic E-state index is 0.548. The number of nitrogens with zero attached hydrogens (tertiary/aromatic N) is 2. The standard InChI is InChI=1S/C20H16Cl2N4/c21-16-5-6-18(19(22)11-16)15-2-1-3-17(10-15)24-8-9-25-20-7-4-14(12-23)13-26-20/h1-7,10-11,13,24H,8-9H2,(H,25,26). The number of aromatic nitrogens is 1. The van der Waals surface area contributed by atoms with Crippen molar-refractivity contribution in [3.05, 3.63) is 76.4 Å². The van der Waals surface area contributed by atoms with E-state index >= 15 is 0 Å². The summed E-state index contributed by atoms with van der Waals surface area (Å²) in [7, 11) is 0. The number of pyridine rings is 1. The third kappa shape index (κ3) is 4.66. The maximum Gasteiger partial charge on any atom is 0.126 e. The van der Waals surface area contributed by atoms with Crippen molar-refractivity contribution in [1.82, 2.24) is 4.98 Å². The summed E-state index contributed by atoms with van der Waals surface area (Å²) in [6, 6.07) is 19.1. The molecule has 0 aliphatic carbocycles. The van der Waals surface area contributed by atoms with E-state index in [0.717, 1.165) is 29.2 Å². The minimum absolute atomic E-state index is 0.548. The molecule has 0 atom stereocenters. The highest BCUT2D eigenvalue weighted by Gasteiger charge is 2.05. The Labute approximate surface area is 162 Å². The molecule has 3 rings (SSSR count). The van der Waals surface area contributed by atoms with Crippen LogP contribution < -0.4 is 10.6 Å². The highest BCUT2D eigenvalue weighted by molar-refractivity contribution is 6.36. The lowest BCUT2D eigenvalue weighted by Gasteiger charge is -2.11. The molecule has 0 bridgehead atoms. The van der Waals surface area contributed by atoms with Crippen molar-refractivity contribution in [2.24, 2.45) is 0 Å². The van der Waals surface area contributed by atoms with Crippen molar-refractivity contribution in [3.8, 4) is 17.2 Å². The zero-order chi connectivity index (χ0) is 18.4. The van der Waals surface area contributed by atoms with Crippen LogP contribution in [-0.2, 0) is 0 Å². The van der Waals surface area contributed by atoms with Crippen molar-refractivity contribution in [1.29, 1.82) is 5.26 Å². The number of nitrogens with one attached hydrogen (secondary N) is 2. The SMILES string of the molecule is N#Cc1ccc(NCCNc2cccc(-c3ccc(Cl)cc3Cl)c2)nc1. The number of hydrogen-bond donors (Lipinski definition) is 2. The van der Waals surface area contributed by atoms with Crippen LogP contribution in [0.1, 0.15) is 5.56 Å². The summed E-state index contributed by atoms with van der Waals surface area (Å²) in [5.74, 6) is 0.743. The van der Waals surface area contributed by atoms with E-state index in [-0.39, 0.29) is 0 Å². The average molecular weight is 383 g/mol. The van der Waals surface area contributed by atoms with Gasteiger partial charge in [0.1, 0.15) is 11.9 Å². The molecule has 0 unspecified atom stereocenters. The smallest absolute Gasteiger partial charge is 0.126 e. The molecule has 1 heterocycles. The fourth-order valence-corrected chi connectivity index (χ4v) is 3.00. The topological polar surface area (TPSA) is 60.7 Å². The number of benzene rings is 2. The number of halogens is 2. The highest BCUT2D eigenvalue weighted by Crippen LogP contribution is 2.31. The predicted octanol–water partition coefficient (Wildman–Crippen LogP) is 5.45. The van der Waals surface area contributed by atoms with Crippen LogP contribution in [-0.4, -0.2) is 18.1 Å². The number of hydrogen-bond acceptors (Lipinski definition) is 4. The Hall–Kier alpha value is -2.74. The van der Waals surface area contributed by atoms with E-state index in [9.17, 15) is 0 Å². The van der Waals surface area contributed by atoms with Gasteiger partial charge in [-0.2, -0.15) is 5.26 Å². The molecule has 0 radical (unpaired) electrons. The van der Waals surface area contributed by atoms with E-state index in [1.807, 2.05) is 36.4 Å². The molecule has 130 valence electrons. The first-order valence-electron chi connectivity index (χ1n) is 8.05. The lowest BCUT2D eigenvalue weighted by atomic mass is 10.1. The number of nitriles is 1. The highest BCUT2D eigenvalue weighted by atomic mass is 35.5. The van der Waals surface area contributed by atoms with Crippen LogP contribution in [0.2, 0.25) is 10.0 Å². The summed E-state index contributed by atoms with van der Waals surface area (Å²) in [6.07, 6.45) is 1.55. The van der Waals surface area contributed by atoms with Gasteiger partial charge in [-0.3, -0.25) is 0 Å². The molecule has 26 heavy (non-hydrogen) atoms. The first-order valence-corrected chi connectivity index (χ1v) is 8.81. The molecule has 2 aromatic carbocycles. The van der Waals surface area contributed by atoms with Crippen LogP contribution in [0.5, 0.6) is 0 Å². The first kappa shape index (κ1) is 18.1. The molecular formula is C20H16Cl2N4. The number of anilines is 2. The Morgan fingerprint density at radius 3 is 2.54 bits per heavy atom. The molecule has 1 aromatic heterocycles. The van der Waals surface area contributed by atoms with Gasteiger partial charge >= 0.3 is 0 Å². The molecule has 2 N–H and O–H groups in total. The van der Waals surface area contributed by atoms with Gasteiger partial charge < -0.3 is 10.6 Å². The van der Waals surface area contributed by atoms with E-state index in [0.29, 0.717) is 22.2 Å². The van der Waals surface area contributed by atoms with E-state index in [1.165, 1.54) is 0 Å². The van der Waals surface area contributed by atoms with Crippen LogP contribution in [0.4, 0.5) is 11.5 Å². The first-order chi connectivity index (χ1) is 12.7. The summed E-state index contributed by atoms with van der Waals surface area (Å²) >= 11 is 12.3. The fraction of sp³-hybridized carbons (Fsp3) is 0.100. The maximum atomic E-state index is 8.77. The van der Waals surface area contributed by atoms with E-state index in [4.69, 9.17) is 28.5 Å². The third-order valence-electron chi connectivity index (χ3n) is 3.76. The largest absolute Gasteiger partial charge is 0.383 e. The maximum absolute atomic E-state index is 8.77. The minimum Gasteiger partial charge on any atom is -0.383 e. The lowest BCUT2D eigenvalue weighted by Crippen LogP contribution is -2.14. The predicted molar refractivity (Wildman–Crippen MR) is 108 cm³/mol. The Bertz CT molecular complexity index is 933. The second-order valence-electron chi connectivity index (χ2n) is 5.60. The Morgan fingerprint density at radius 1 is 0.962 bits per heavy atom. The van der Waals surface area contributed by atoms with Gasteiger partial charge in [0.15, 0.2) is 0 Å². The Morgan fingerprint density at radius 2 is 1.81 bits per heavy atom. The molecule has 3 aromatic rings. The fourth-order valence-electron chi connectivity index (χ4n) is 2.48. The van der Waals surface area contributed by atoms with Gasteiger partial charge in [-0.1, -0.05) is 41.4 Å². The lowest BCUT2D eigenvalue weighted by molar-refractivity contribution is 1.06. The van der Waals surface area contributed by atoms with Crippen molar-refractivity contribution in [2.75, 3.05) is 23.7 Å². The average Bonchev–Trinajstić information content (AvgIpc) is 2.66. The summed E-state index contributed by atoms with van der Waals surface area (Å²) in [4.78, 5) is 4.18. The van der Waals surface area contributed by atoms with Gasteiger partial charge in [0.2, 0.25) is 0 Å². The van der Waals surface area contributed by atoms with E-state index in [2.05, 4.69) is 21.7 Å².